The standard InChI is InChI=1S/C8H16O3/c1-3-7(9)5-8(10)6-11-4-2/h8,10H,3-6H2,1-2H3. The molecule has 0 fully saturated rings. The number of rotatable bonds is 6. The van der Waals surface area contributed by atoms with Gasteiger partial charge in [-0.1, -0.05) is 6.92 Å². The van der Waals surface area contributed by atoms with E-state index in [1.165, 1.54) is 0 Å². The van der Waals surface area contributed by atoms with Gasteiger partial charge < -0.3 is 9.84 Å². The molecule has 0 bridgehead atoms. The second kappa shape index (κ2) is 6.31. The smallest absolute Gasteiger partial charge is 0.135 e. The van der Waals surface area contributed by atoms with Crippen LogP contribution in [0.5, 0.6) is 0 Å². The summed E-state index contributed by atoms with van der Waals surface area (Å²) in [4.78, 5) is 10.8. The zero-order valence-corrected chi connectivity index (χ0v) is 7.17. The Morgan fingerprint density at radius 3 is 2.64 bits per heavy atom. The molecule has 0 heterocycles. The summed E-state index contributed by atoms with van der Waals surface area (Å²) >= 11 is 0. The van der Waals surface area contributed by atoms with E-state index < -0.39 is 6.10 Å². The molecule has 0 aliphatic carbocycles. The molecule has 0 saturated carbocycles. The third-order valence-corrected chi connectivity index (χ3v) is 1.37. The van der Waals surface area contributed by atoms with Gasteiger partial charge in [-0.05, 0) is 6.92 Å². The first-order chi connectivity index (χ1) is 5.20. The third kappa shape index (κ3) is 6.01. The normalized spacial score (nSPS) is 13.0. The van der Waals surface area contributed by atoms with Crippen LogP contribution in [0, 0.1) is 0 Å². The molecule has 0 spiro atoms. The maximum absolute atomic E-state index is 10.8. The maximum Gasteiger partial charge on any atom is 0.135 e. The van der Waals surface area contributed by atoms with Crippen molar-refractivity contribution in [2.45, 2.75) is 32.8 Å². The second-order valence-electron chi connectivity index (χ2n) is 2.41. The molecule has 0 saturated heterocycles. The largest absolute Gasteiger partial charge is 0.390 e. The van der Waals surface area contributed by atoms with Gasteiger partial charge in [-0.25, -0.2) is 0 Å². The zero-order valence-electron chi connectivity index (χ0n) is 7.17. The molecule has 0 aromatic heterocycles. The van der Waals surface area contributed by atoms with Crippen LogP contribution in [0.3, 0.4) is 0 Å². The van der Waals surface area contributed by atoms with Gasteiger partial charge >= 0.3 is 0 Å². The highest BCUT2D eigenvalue weighted by Crippen LogP contribution is 1.96. The van der Waals surface area contributed by atoms with Gasteiger partial charge in [-0.15, -0.1) is 0 Å². The molecule has 0 aromatic carbocycles. The minimum atomic E-state index is -0.623. The van der Waals surface area contributed by atoms with Crippen LogP contribution in [-0.4, -0.2) is 30.2 Å². The third-order valence-electron chi connectivity index (χ3n) is 1.37. The predicted molar refractivity (Wildman–Crippen MR) is 42.4 cm³/mol. The Bertz CT molecular complexity index is 112. The van der Waals surface area contributed by atoms with Gasteiger partial charge in [0, 0.05) is 19.4 Å². The minimum absolute atomic E-state index is 0.0807. The summed E-state index contributed by atoms with van der Waals surface area (Å²) < 4.78 is 4.94. The first-order valence-corrected chi connectivity index (χ1v) is 3.98. The molecule has 0 rings (SSSR count). The molecule has 11 heavy (non-hydrogen) atoms. The lowest BCUT2D eigenvalue weighted by Crippen LogP contribution is -2.19. The number of hydrogen-bond acceptors (Lipinski definition) is 3. The molecule has 0 aliphatic heterocycles. The van der Waals surface area contributed by atoms with E-state index in [9.17, 15) is 4.79 Å². The summed E-state index contributed by atoms with van der Waals surface area (Å²) in [6.45, 7) is 4.49. The summed E-state index contributed by atoms with van der Waals surface area (Å²) in [7, 11) is 0. The van der Waals surface area contributed by atoms with Crippen LogP contribution >= 0.6 is 0 Å². The van der Waals surface area contributed by atoms with Crippen molar-refractivity contribution < 1.29 is 14.6 Å². The molecule has 0 aromatic rings. The molecule has 0 aliphatic rings. The Labute approximate surface area is 67.4 Å². The van der Waals surface area contributed by atoms with Gasteiger partial charge in [0.1, 0.15) is 5.78 Å². The Balaban J connectivity index is 3.35. The van der Waals surface area contributed by atoms with Crippen LogP contribution in [0.4, 0.5) is 0 Å². The van der Waals surface area contributed by atoms with Gasteiger partial charge in [-0.3, -0.25) is 4.79 Å². The SMILES string of the molecule is CCOCC(O)CC(=O)CC. The number of carbonyl (C=O) groups excluding carboxylic acids is 1. The number of ether oxygens (including phenoxy) is 1. The molecule has 0 amide bonds. The zero-order chi connectivity index (χ0) is 8.69. The van der Waals surface area contributed by atoms with Crippen molar-refractivity contribution in [3.63, 3.8) is 0 Å². The van der Waals surface area contributed by atoms with Crippen LogP contribution < -0.4 is 0 Å². The average Bonchev–Trinajstić information content (AvgIpc) is 2.00. The predicted octanol–water partition coefficient (Wildman–Crippen LogP) is 0.753. The summed E-state index contributed by atoms with van der Waals surface area (Å²) in [5, 5.41) is 9.14. The Kier molecular flexibility index (Phi) is 6.07. The highest BCUT2D eigenvalue weighted by atomic mass is 16.5. The monoisotopic (exact) mass is 160 g/mol. The quantitative estimate of drug-likeness (QED) is 0.623. The van der Waals surface area contributed by atoms with Crippen LogP contribution in [-0.2, 0) is 9.53 Å². The Morgan fingerprint density at radius 1 is 1.55 bits per heavy atom. The van der Waals surface area contributed by atoms with Gasteiger partial charge in [0.25, 0.3) is 0 Å². The summed E-state index contributed by atoms with van der Waals surface area (Å²) in [6, 6.07) is 0. The lowest BCUT2D eigenvalue weighted by atomic mass is 10.1. The number of Topliss-reactive ketones (excluding diaryl/α,β-unsaturated/α-hetero) is 1. The van der Waals surface area contributed by atoms with Crippen LogP contribution in [0.25, 0.3) is 0 Å². The van der Waals surface area contributed by atoms with Crippen molar-refractivity contribution in [1.82, 2.24) is 0 Å². The summed E-state index contributed by atoms with van der Waals surface area (Å²) in [6.07, 6.45) is 0.0852. The minimum Gasteiger partial charge on any atom is -0.390 e. The number of carbonyl (C=O) groups is 1. The van der Waals surface area contributed by atoms with E-state index in [-0.39, 0.29) is 18.8 Å². The fourth-order valence-corrected chi connectivity index (χ4v) is 0.720. The molecule has 1 N–H and O–H groups in total. The van der Waals surface area contributed by atoms with E-state index in [2.05, 4.69) is 0 Å². The van der Waals surface area contributed by atoms with E-state index in [1.807, 2.05) is 6.92 Å². The number of aliphatic hydroxyl groups is 1. The first-order valence-electron chi connectivity index (χ1n) is 3.98. The van der Waals surface area contributed by atoms with E-state index in [4.69, 9.17) is 9.84 Å². The van der Waals surface area contributed by atoms with Gasteiger partial charge in [-0.2, -0.15) is 0 Å². The van der Waals surface area contributed by atoms with Crippen LogP contribution in [0.15, 0.2) is 0 Å². The van der Waals surface area contributed by atoms with Crippen molar-refractivity contribution in [3.8, 4) is 0 Å². The highest BCUT2D eigenvalue weighted by Gasteiger charge is 2.08. The first kappa shape index (κ1) is 10.6. The van der Waals surface area contributed by atoms with Crippen LogP contribution in [0.1, 0.15) is 26.7 Å². The van der Waals surface area contributed by atoms with Crippen molar-refractivity contribution >= 4 is 5.78 Å². The number of hydrogen-bond donors (Lipinski definition) is 1. The fourth-order valence-electron chi connectivity index (χ4n) is 0.720. The topological polar surface area (TPSA) is 46.5 Å². The van der Waals surface area contributed by atoms with Gasteiger partial charge in [0.05, 0.1) is 12.7 Å². The summed E-state index contributed by atoms with van der Waals surface area (Å²) in [5.74, 6) is 0.0807. The van der Waals surface area contributed by atoms with Gasteiger partial charge in [0.15, 0.2) is 0 Å². The van der Waals surface area contributed by atoms with E-state index in [0.717, 1.165) is 0 Å². The molecule has 1 atom stereocenters. The fraction of sp³-hybridized carbons (Fsp3) is 0.875. The molecule has 3 heteroatoms. The molecular formula is C8H16O3. The molecular weight excluding hydrogens is 144 g/mol. The van der Waals surface area contributed by atoms with Crippen molar-refractivity contribution in [2.24, 2.45) is 0 Å². The van der Waals surface area contributed by atoms with Crippen molar-refractivity contribution in [3.05, 3.63) is 0 Å². The number of ketones is 1. The molecule has 3 nitrogen and oxygen atoms in total. The average molecular weight is 160 g/mol. The van der Waals surface area contributed by atoms with Crippen LogP contribution in [0.2, 0.25) is 0 Å². The van der Waals surface area contributed by atoms with Crippen molar-refractivity contribution in [1.29, 1.82) is 0 Å². The van der Waals surface area contributed by atoms with Crippen molar-refractivity contribution in [2.75, 3.05) is 13.2 Å². The lowest BCUT2D eigenvalue weighted by molar-refractivity contribution is -0.121. The number of aliphatic hydroxyl groups excluding tert-OH is 1. The summed E-state index contributed by atoms with van der Waals surface area (Å²) in [5.41, 5.74) is 0. The Morgan fingerprint density at radius 2 is 2.18 bits per heavy atom. The molecule has 66 valence electrons. The second-order valence-corrected chi connectivity index (χ2v) is 2.41. The van der Waals surface area contributed by atoms with Gasteiger partial charge in [0.2, 0.25) is 0 Å². The Hall–Kier alpha value is -0.410. The van der Waals surface area contributed by atoms with E-state index in [0.29, 0.717) is 13.0 Å². The molecule has 0 radical (unpaired) electrons. The highest BCUT2D eigenvalue weighted by molar-refractivity contribution is 5.78. The van der Waals surface area contributed by atoms with E-state index in [1.54, 1.807) is 6.92 Å². The van der Waals surface area contributed by atoms with E-state index >= 15 is 0 Å². The maximum atomic E-state index is 10.8. The lowest BCUT2D eigenvalue weighted by Gasteiger charge is -2.07. The molecule has 1 unspecified atom stereocenters.